The van der Waals surface area contributed by atoms with E-state index in [1.54, 1.807) is 19.0 Å². The van der Waals surface area contributed by atoms with E-state index in [-0.39, 0.29) is 36.4 Å². The quantitative estimate of drug-likeness (QED) is 0.309. The molecule has 1 rings (SSSR count). The maximum atomic E-state index is 11.6. The largest absolute Gasteiger partial charge is 0.357 e. The fraction of sp³-hybridized carbons (Fsp3) is 0.875. The first kappa shape index (κ1) is 21.5. The first-order valence-corrected chi connectivity index (χ1v) is 8.19. The van der Waals surface area contributed by atoms with Crippen LogP contribution in [0.3, 0.4) is 0 Å². The lowest BCUT2D eigenvalue weighted by atomic mass is 9.82. The Labute approximate surface area is 152 Å². The van der Waals surface area contributed by atoms with Gasteiger partial charge in [0.1, 0.15) is 6.54 Å². The summed E-state index contributed by atoms with van der Waals surface area (Å²) in [5.74, 6) is 0.769. The SMILES string of the molecule is CCNC(=NCC(=O)N(C)C)NCC1(C)CCCCCC1.I. The number of rotatable bonds is 5. The van der Waals surface area contributed by atoms with Gasteiger partial charge in [0.15, 0.2) is 5.96 Å². The Balaban J connectivity index is 0.00000441. The van der Waals surface area contributed by atoms with Crippen LogP contribution in [0.25, 0.3) is 0 Å². The molecule has 130 valence electrons. The van der Waals surface area contributed by atoms with Gasteiger partial charge in [0.2, 0.25) is 5.91 Å². The van der Waals surface area contributed by atoms with Gasteiger partial charge in [-0.25, -0.2) is 4.99 Å². The number of carbonyl (C=O) groups is 1. The molecular weight excluding hydrogens is 391 g/mol. The summed E-state index contributed by atoms with van der Waals surface area (Å²) >= 11 is 0. The van der Waals surface area contributed by atoms with Gasteiger partial charge in [0, 0.05) is 27.2 Å². The molecule has 1 amide bonds. The van der Waals surface area contributed by atoms with Crippen molar-refractivity contribution in [2.45, 2.75) is 52.4 Å². The van der Waals surface area contributed by atoms with Gasteiger partial charge in [0.05, 0.1) is 0 Å². The second-order valence-corrected chi connectivity index (χ2v) is 6.56. The van der Waals surface area contributed by atoms with Crippen molar-refractivity contribution in [3.63, 3.8) is 0 Å². The average Bonchev–Trinajstić information content (AvgIpc) is 2.66. The predicted octanol–water partition coefficient (Wildman–Crippen LogP) is 2.61. The van der Waals surface area contributed by atoms with E-state index in [2.05, 4.69) is 22.5 Å². The van der Waals surface area contributed by atoms with Gasteiger partial charge in [-0.05, 0) is 25.2 Å². The van der Waals surface area contributed by atoms with E-state index in [0.717, 1.165) is 19.0 Å². The molecule has 0 aromatic carbocycles. The average molecular weight is 424 g/mol. The number of nitrogens with zero attached hydrogens (tertiary/aromatic N) is 2. The molecule has 5 nitrogen and oxygen atoms in total. The van der Waals surface area contributed by atoms with E-state index in [9.17, 15) is 4.79 Å². The number of amides is 1. The molecule has 6 heteroatoms. The molecule has 0 saturated heterocycles. The van der Waals surface area contributed by atoms with Crippen molar-refractivity contribution in [2.24, 2.45) is 10.4 Å². The van der Waals surface area contributed by atoms with Crippen LogP contribution in [0.2, 0.25) is 0 Å². The lowest BCUT2D eigenvalue weighted by molar-refractivity contribution is -0.127. The van der Waals surface area contributed by atoms with Crippen LogP contribution in [-0.4, -0.2) is 50.5 Å². The summed E-state index contributed by atoms with van der Waals surface area (Å²) in [6, 6.07) is 0. The highest BCUT2D eigenvalue weighted by atomic mass is 127. The van der Waals surface area contributed by atoms with Gasteiger partial charge in [-0.2, -0.15) is 0 Å². The van der Waals surface area contributed by atoms with Crippen LogP contribution in [0.4, 0.5) is 0 Å². The second kappa shape index (κ2) is 11.1. The molecule has 1 aliphatic carbocycles. The zero-order valence-corrected chi connectivity index (χ0v) is 16.9. The van der Waals surface area contributed by atoms with Crippen molar-refractivity contribution < 1.29 is 4.79 Å². The van der Waals surface area contributed by atoms with E-state index in [0.29, 0.717) is 5.41 Å². The minimum absolute atomic E-state index is 0. The van der Waals surface area contributed by atoms with Gasteiger partial charge in [-0.1, -0.05) is 32.6 Å². The highest BCUT2D eigenvalue weighted by Crippen LogP contribution is 2.33. The third-order valence-corrected chi connectivity index (χ3v) is 4.21. The Morgan fingerprint density at radius 1 is 1.14 bits per heavy atom. The highest BCUT2D eigenvalue weighted by molar-refractivity contribution is 14.0. The third kappa shape index (κ3) is 8.19. The first-order chi connectivity index (χ1) is 9.97. The summed E-state index contributed by atoms with van der Waals surface area (Å²) in [5, 5.41) is 6.64. The fourth-order valence-electron chi connectivity index (χ4n) is 2.69. The number of carbonyl (C=O) groups excluding carboxylic acids is 1. The molecule has 1 saturated carbocycles. The normalized spacial score (nSPS) is 17.9. The van der Waals surface area contributed by atoms with Crippen molar-refractivity contribution in [3.05, 3.63) is 0 Å². The molecule has 2 N–H and O–H groups in total. The fourth-order valence-corrected chi connectivity index (χ4v) is 2.69. The summed E-state index contributed by atoms with van der Waals surface area (Å²) in [6.07, 6.45) is 7.92. The predicted molar refractivity (Wildman–Crippen MR) is 104 cm³/mol. The molecule has 22 heavy (non-hydrogen) atoms. The number of aliphatic imine (C=N–C) groups is 1. The molecule has 0 spiro atoms. The molecule has 0 aliphatic heterocycles. The summed E-state index contributed by atoms with van der Waals surface area (Å²) in [6.45, 7) is 6.32. The number of hydrogen-bond acceptors (Lipinski definition) is 2. The Hall–Kier alpha value is -0.530. The second-order valence-electron chi connectivity index (χ2n) is 6.56. The summed E-state index contributed by atoms with van der Waals surface area (Å²) in [7, 11) is 3.51. The van der Waals surface area contributed by atoms with Crippen molar-refractivity contribution in [2.75, 3.05) is 33.7 Å². The zero-order valence-electron chi connectivity index (χ0n) is 14.6. The Morgan fingerprint density at radius 3 is 2.23 bits per heavy atom. The maximum Gasteiger partial charge on any atom is 0.243 e. The van der Waals surface area contributed by atoms with E-state index in [1.165, 1.54) is 38.5 Å². The maximum absolute atomic E-state index is 11.6. The smallest absolute Gasteiger partial charge is 0.243 e. The Kier molecular flexibility index (Phi) is 10.8. The van der Waals surface area contributed by atoms with Crippen LogP contribution >= 0.6 is 24.0 Å². The van der Waals surface area contributed by atoms with E-state index in [1.807, 2.05) is 6.92 Å². The van der Waals surface area contributed by atoms with Crippen LogP contribution < -0.4 is 10.6 Å². The third-order valence-electron chi connectivity index (χ3n) is 4.21. The molecule has 1 aliphatic rings. The minimum Gasteiger partial charge on any atom is -0.357 e. The van der Waals surface area contributed by atoms with E-state index >= 15 is 0 Å². The number of hydrogen-bond donors (Lipinski definition) is 2. The van der Waals surface area contributed by atoms with Crippen LogP contribution in [0.1, 0.15) is 52.4 Å². The molecule has 1 fully saturated rings. The van der Waals surface area contributed by atoms with Crippen LogP contribution in [0, 0.1) is 5.41 Å². The van der Waals surface area contributed by atoms with Gasteiger partial charge in [0.25, 0.3) is 0 Å². The van der Waals surface area contributed by atoms with E-state index < -0.39 is 0 Å². The van der Waals surface area contributed by atoms with Gasteiger partial charge in [-0.15, -0.1) is 24.0 Å². The van der Waals surface area contributed by atoms with Gasteiger partial charge in [-0.3, -0.25) is 4.79 Å². The number of nitrogens with one attached hydrogen (secondary N) is 2. The zero-order chi connectivity index (χ0) is 15.7. The van der Waals surface area contributed by atoms with Crippen molar-refractivity contribution in [1.29, 1.82) is 0 Å². The Bertz CT molecular complexity index is 350. The minimum atomic E-state index is 0. The summed E-state index contributed by atoms with van der Waals surface area (Å²) < 4.78 is 0. The lowest BCUT2D eigenvalue weighted by Crippen LogP contribution is -2.43. The van der Waals surface area contributed by atoms with Crippen LogP contribution in [-0.2, 0) is 4.79 Å². The number of likely N-dealkylation sites (N-methyl/N-ethyl adjacent to an activating group) is 1. The van der Waals surface area contributed by atoms with Crippen molar-refractivity contribution in [1.82, 2.24) is 15.5 Å². The van der Waals surface area contributed by atoms with Crippen molar-refractivity contribution >= 4 is 35.8 Å². The van der Waals surface area contributed by atoms with Gasteiger partial charge >= 0.3 is 0 Å². The topological polar surface area (TPSA) is 56.7 Å². The van der Waals surface area contributed by atoms with Gasteiger partial charge < -0.3 is 15.5 Å². The molecule has 0 aromatic rings. The number of halogens is 1. The first-order valence-electron chi connectivity index (χ1n) is 8.19. The van der Waals surface area contributed by atoms with Crippen LogP contribution in [0.15, 0.2) is 4.99 Å². The molecule has 0 heterocycles. The summed E-state index contributed by atoms with van der Waals surface area (Å²) in [4.78, 5) is 17.6. The molecule has 0 aromatic heterocycles. The monoisotopic (exact) mass is 424 g/mol. The molecular formula is C16H33IN4O. The molecule has 0 unspecified atom stereocenters. The van der Waals surface area contributed by atoms with Crippen molar-refractivity contribution in [3.8, 4) is 0 Å². The summed E-state index contributed by atoms with van der Waals surface area (Å²) in [5.41, 5.74) is 0.345. The molecule has 0 radical (unpaired) electrons. The molecule has 0 atom stereocenters. The Morgan fingerprint density at radius 2 is 1.73 bits per heavy atom. The van der Waals surface area contributed by atoms with E-state index in [4.69, 9.17) is 0 Å². The highest BCUT2D eigenvalue weighted by Gasteiger charge is 2.25. The lowest BCUT2D eigenvalue weighted by Gasteiger charge is -2.29. The standard InChI is InChI=1S/C16H32N4O.HI/c1-5-17-15(18-12-14(21)20(3)4)19-13-16(2)10-8-6-7-9-11-16;/h5-13H2,1-4H3,(H2,17,18,19);1H. The molecule has 0 bridgehead atoms. The van der Waals surface area contributed by atoms with Crippen LogP contribution in [0.5, 0.6) is 0 Å². The number of guanidine groups is 1.